The number of oxime groups is 1. The highest BCUT2D eigenvalue weighted by molar-refractivity contribution is 5.78. The summed E-state index contributed by atoms with van der Waals surface area (Å²) in [6.07, 6.45) is 15.6. The highest BCUT2D eigenvalue weighted by Crippen LogP contribution is 2.28. The van der Waals surface area contributed by atoms with Gasteiger partial charge in [-0.25, -0.2) is 4.98 Å². The van der Waals surface area contributed by atoms with Crippen LogP contribution >= 0.6 is 0 Å². The Morgan fingerprint density at radius 3 is 2.09 bits per heavy atom. The van der Waals surface area contributed by atoms with Crippen molar-refractivity contribution in [1.82, 2.24) is 4.98 Å². The molecule has 0 N–H and O–H groups in total. The molecule has 2 rings (SSSR count). The molecule has 0 aliphatic heterocycles. The molecule has 1 heterocycles. The summed E-state index contributed by atoms with van der Waals surface area (Å²) < 4.78 is 17.5. The smallest absolute Gasteiger partial charge is 0.213 e. The van der Waals surface area contributed by atoms with Gasteiger partial charge >= 0.3 is 0 Å². The molecule has 0 aliphatic rings. The van der Waals surface area contributed by atoms with Crippen LogP contribution in [0.5, 0.6) is 17.4 Å². The summed E-state index contributed by atoms with van der Waals surface area (Å²) in [5.74, 6) is 2.54. The second kappa shape index (κ2) is 16.6. The van der Waals surface area contributed by atoms with Crippen LogP contribution in [-0.4, -0.2) is 38.1 Å². The minimum absolute atomic E-state index is 0.597. The summed E-state index contributed by atoms with van der Waals surface area (Å²) in [4.78, 5) is 8.93. The number of ether oxygens (including phenoxy) is 3. The SMILES string of the molecule is C/C=C/COc1cc(C)c(OCCCCCCCCCOc2ccc(/C=N/OC)cn2)c(C)c1. The molecule has 0 saturated carbocycles. The van der Waals surface area contributed by atoms with Crippen molar-refractivity contribution < 1.29 is 19.0 Å². The van der Waals surface area contributed by atoms with Gasteiger partial charge in [0.05, 0.1) is 19.4 Å². The Hall–Kier alpha value is -3.02. The van der Waals surface area contributed by atoms with Crippen molar-refractivity contribution in [3.8, 4) is 17.4 Å². The van der Waals surface area contributed by atoms with Gasteiger partial charge in [-0.15, -0.1) is 0 Å². The molecule has 34 heavy (non-hydrogen) atoms. The van der Waals surface area contributed by atoms with E-state index < -0.39 is 0 Å². The van der Waals surface area contributed by atoms with Gasteiger partial charge in [0, 0.05) is 17.8 Å². The van der Waals surface area contributed by atoms with Crippen molar-refractivity contribution in [3.05, 3.63) is 59.3 Å². The predicted molar refractivity (Wildman–Crippen MR) is 138 cm³/mol. The number of aromatic nitrogens is 1. The van der Waals surface area contributed by atoms with Crippen LogP contribution < -0.4 is 14.2 Å². The molecule has 0 atom stereocenters. The van der Waals surface area contributed by atoms with Gasteiger partial charge in [-0.3, -0.25) is 0 Å². The quantitative estimate of drug-likeness (QED) is 0.110. The third-order valence-corrected chi connectivity index (χ3v) is 5.37. The summed E-state index contributed by atoms with van der Waals surface area (Å²) >= 11 is 0. The van der Waals surface area contributed by atoms with Crippen molar-refractivity contribution in [1.29, 1.82) is 0 Å². The van der Waals surface area contributed by atoms with Gasteiger partial charge in [0.15, 0.2) is 0 Å². The van der Waals surface area contributed by atoms with Crippen LogP contribution in [0.3, 0.4) is 0 Å². The fraction of sp³-hybridized carbons (Fsp3) is 0.500. The third kappa shape index (κ3) is 10.7. The lowest BCUT2D eigenvalue weighted by atomic mass is 10.1. The minimum Gasteiger partial charge on any atom is -0.493 e. The molecule has 6 heteroatoms. The van der Waals surface area contributed by atoms with Gasteiger partial charge < -0.3 is 19.0 Å². The van der Waals surface area contributed by atoms with Gasteiger partial charge in [0.1, 0.15) is 25.2 Å². The minimum atomic E-state index is 0.597. The Morgan fingerprint density at radius 1 is 0.853 bits per heavy atom. The molecule has 0 aliphatic carbocycles. The molecule has 0 bridgehead atoms. The highest BCUT2D eigenvalue weighted by atomic mass is 16.6. The molecule has 186 valence electrons. The molecule has 0 amide bonds. The number of allylic oxidation sites excluding steroid dienone is 1. The van der Waals surface area contributed by atoms with E-state index in [0.717, 1.165) is 47.6 Å². The normalized spacial score (nSPS) is 11.3. The fourth-order valence-electron chi connectivity index (χ4n) is 3.57. The lowest BCUT2D eigenvalue weighted by Gasteiger charge is -2.14. The van der Waals surface area contributed by atoms with E-state index in [1.807, 2.05) is 31.2 Å². The topological polar surface area (TPSA) is 62.2 Å². The first-order valence-corrected chi connectivity index (χ1v) is 12.3. The van der Waals surface area contributed by atoms with E-state index in [1.165, 1.54) is 39.2 Å². The average Bonchev–Trinajstić information content (AvgIpc) is 2.83. The molecule has 1 aromatic carbocycles. The van der Waals surface area contributed by atoms with Crippen LogP contribution in [0.25, 0.3) is 0 Å². The number of benzene rings is 1. The van der Waals surface area contributed by atoms with Crippen molar-refractivity contribution >= 4 is 6.21 Å². The Bertz CT molecular complexity index is 855. The standard InChI is InChI=1S/C28H40N2O4/c1-5-6-16-32-26-19-23(2)28(24(3)20-26)34-18-13-11-9-7-8-10-12-17-33-27-15-14-25(21-29-27)22-30-31-4/h5-6,14-15,19-22H,7-13,16-18H2,1-4H3/b6-5+,30-22+. The Balaban J connectivity index is 1.49. The Labute approximate surface area is 205 Å². The van der Waals surface area contributed by atoms with E-state index in [0.29, 0.717) is 19.1 Å². The number of aryl methyl sites for hydroxylation is 2. The molecule has 2 aromatic rings. The molecular formula is C28H40N2O4. The first-order chi connectivity index (χ1) is 16.6. The molecule has 0 spiro atoms. The van der Waals surface area contributed by atoms with Crippen molar-refractivity contribution in [2.75, 3.05) is 26.9 Å². The molecule has 6 nitrogen and oxygen atoms in total. The number of unbranched alkanes of at least 4 members (excludes halogenated alkanes) is 6. The Kier molecular flexibility index (Phi) is 13.3. The molecule has 0 fully saturated rings. The second-order valence-corrected chi connectivity index (χ2v) is 8.28. The van der Waals surface area contributed by atoms with E-state index in [4.69, 9.17) is 14.2 Å². The lowest BCUT2D eigenvalue weighted by Crippen LogP contribution is -2.02. The summed E-state index contributed by atoms with van der Waals surface area (Å²) in [5.41, 5.74) is 3.14. The number of hydrogen-bond donors (Lipinski definition) is 0. The zero-order valence-electron chi connectivity index (χ0n) is 21.2. The van der Waals surface area contributed by atoms with Crippen molar-refractivity contribution in [3.63, 3.8) is 0 Å². The number of hydrogen-bond acceptors (Lipinski definition) is 6. The van der Waals surface area contributed by atoms with Crippen LogP contribution in [0.1, 0.15) is 68.6 Å². The summed E-state index contributed by atoms with van der Waals surface area (Å²) in [7, 11) is 1.52. The van der Waals surface area contributed by atoms with Gasteiger partial charge in [0.2, 0.25) is 5.88 Å². The van der Waals surface area contributed by atoms with Gasteiger partial charge in [-0.2, -0.15) is 0 Å². The van der Waals surface area contributed by atoms with E-state index >= 15 is 0 Å². The van der Waals surface area contributed by atoms with E-state index in [2.05, 4.69) is 41.0 Å². The second-order valence-electron chi connectivity index (χ2n) is 8.28. The molecular weight excluding hydrogens is 428 g/mol. The molecule has 0 saturated heterocycles. The highest BCUT2D eigenvalue weighted by Gasteiger charge is 2.07. The Morgan fingerprint density at radius 2 is 1.50 bits per heavy atom. The van der Waals surface area contributed by atoms with Crippen LogP contribution in [0.15, 0.2) is 47.8 Å². The maximum absolute atomic E-state index is 6.07. The van der Waals surface area contributed by atoms with Crippen molar-refractivity contribution in [2.45, 2.75) is 65.7 Å². The lowest BCUT2D eigenvalue weighted by molar-refractivity contribution is 0.215. The third-order valence-electron chi connectivity index (χ3n) is 5.37. The molecule has 1 aromatic heterocycles. The maximum Gasteiger partial charge on any atom is 0.213 e. The first kappa shape index (κ1) is 27.2. The van der Waals surface area contributed by atoms with Gasteiger partial charge in [-0.05, 0) is 62.9 Å². The van der Waals surface area contributed by atoms with E-state index in [9.17, 15) is 0 Å². The fourth-order valence-corrected chi connectivity index (χ4v) is 3.57. The monoisotopic (exact) mass is 468 g/mol. The number of pyridine rings is 1. The molecule has 0 radical (unpaired) electrons. The van der Waals surface area contributed by atoms with Crippen molar-refractivity contribution in [2.24, 2.45) is 5.16 Å². The zero-order valence-corrected chi connectivity index (χ0v) is 21.2. The van der Waals surface area contributed by atoms with Crippen LogP contribution in [-0.2, 0) is 4.84 Å². The van der Waals surface area contributed by atoms with Gasteiger partial charge in [0.25, 0.3) is 0 Å². The summed E-state index contributed by atoms with van der Waals surface area (Å²) in [6, 6.07) is 7.87. The van der Waals surface area contributed by atoms with E-state index in [-0.39, 0.29) is 0 Å². The van der Waals surface area contributed by atoms with Crippen LogP contribution in [0, 0.1) is 13.8 Å². The zero-order chi connectivity index (χ0) is 24.4. The number of rotatable bonds is 17. The number of nitrogens with zero attached hydrogens (tertiary/aromatic N) is 2. The first-order valence-electron chi connectivity index (χ1n) is 12.3. The van der Waals surface area contributed by atoms with E-state index in [1.54, 1.807) is 12.4 Å². The maximum atomic E-state index is 6.07. The predicted octanol–water partition coefficient (Wildman–Crippen LogP) is 6.82. The summed E-state index contributed by atoms with van der Waals surface area (Å²) in [6.45, 7) is 8.21. The molecule has 0 unspecified atom stereocenters. The average molecular weight is 469 g/mol. The van der Waals surface area contributed by atoms with Crippen LogP contribution in [0.4, 0.5) is 0 Å². The van der Waals surface area contributed by atoms with Gasteiger partial charge in [-0.1, -0.05) is 49.4 Å². The summed E-state index contributed by atoms with van der Waals surface area (Å²) in [5, 5.41) is 3.71. The van der Waals surface area contributed by atoms with Crippen LogP contribution in [0.2, 0.25) is 0 Å². The largest absolute Gasteiger partial charge is 0.493 e.